The number of hydrogen-bond acceptors (Lipinski definition) is 6. The van der Waals surface area contributed by atoms with E-state index in [2.05, 4.69) is 10.3 Å². The number of amides is 1. The second-order valence-electron chi connectivity index (χ2n) is 6.35. The zero-order chi connectivity index (χ0) is 21.3. The Morgan fingerprint density at radius 3 is 2.27 bits per heavy atom. The molecule has 1 heterocycles. The van der Waals surface area contributed by atoms with Crippen molar-refractivity contribution in [3.63, 3.8) is 0 Å². The van der Waals surface area contributed by atoms with Crippen molar-refractivity contribution in [2.24, 2.45) is 0 Å². The highest BCUT2D eigenvalue weighted by Crippen LogP contribution is 2.38. The van der Waals surface area contributed by atoms with Gasteiger partial charge in [-0.1, -0.05) is 18.2 Å². The van der Waals surface area contributed by atoms with Gasteiger partial charge in [0.05, 0.1) is 21.3 Å². The van der Waals surface area contributed by atoms with Crippen LogP contribution in [0.25, 0.3) is 0 Å². The van der Waals surface area contributed by atoms with Gasteiger partial charge in [0.25, 0.3) is 0 Å². The molecule has 7 heteroatoms. The summed E-state index contributed by atoms with van der Waals surface area (Å²) in [6.45, 7) is 0. The normalized spacial score (nSPS) is 10.2. The van der Waals surface area contributed by atoms with Crippen molar-refractivity contribution >= 4 is 11.6 Å². The van der Waals surface area contributed by atoms with Crippen LogP contribution in [0.1, 0.15) is 12.0 Å². The van der Waals surface area contributed by atoms with E-state index in [1.807, 2.05) is 42.5 Å². The molecular formula is C23H24N2O5. The third-order valence-corrected chi connectivity index (χ3v) is 4.37. The van der Waals surface area contributed by atoms with Crippen LogP contribution >= 0.6 is 0 Å². The number of carbonyl (C=O) groups is 1. The van der Waals surface area contributed by atoms with Gasteiger partial charge in [0.1, 0.15) is 11.4 Å². The summed E-state index contributed by atoms with van der Waals surface area (Å²) >= 11 is 0. The third kappa shape index (κ3) is 5.20. The highest BCUT2D eigenvalue weighted by atomic mass is 16.5. The summed E-state index contributed by atoms with van der Waals surface area (Å²) in [7, 11) is 4.67. The minimum absolute atomic E-state index is 0.158. The summed E-state index contributed by atoms with van der Waals surface area (Å²) in [5.74, 6) is 2.45. The van der Waals surface area contributed by atoms with Crippen LogP contribution in [0.3, 0.4) is 0 Å². The number of anilines is 1. The van der Waals surface area contributed by atoms with Crippen molar-refractivity contribution in [2.75, 3.05) is 26.6 Å². The number of hydrogen-bond donors (Lipinski definition) is 1. The first-order chi connectivity index (χ1) is 14.6. The van der Waals surface area contributed by atoms with E-state index in [1.165, 1.54) is 0 Å². The van der Waals surface area contributed by atoms with E-state index < -0.39 is 0 Å². The molecule has 0 radical (unpaired) electrons. The van der Waals surface area contributed by atoms with Gasteiger partial charge in [0.2, 0.25) is 17.5 Å². The number of aromatic nitrogens is 1. The van der Waals surface area contributed by atoms with E-state index in [-0.39, 0.29) is 12.3 Å². The van der Waals surface area contributed by atoms with E-state index in [1.54, 1.807) is 39.7 Å². The minimum Gasteiger partial charge on any atom is -0.493 e. The summed E-state index contributed by atoms with van der Waals surface area (Å²) in [4.78, 5) is 16.8. The van der Waals surface area contributed by atoms with Crippen LogP contribution in [0.4, 0.5) is 5.69 Å². The zero-order valence-corrected chi connectivity index (χ0v) is 17.2. The largest absolute Gasteiger partial charge is 0.493 e. The van der Waals surface area contributed by atoms with Crippen molar-refractivity contribution in [2.45, 2.75) is 12.8 Å². The lowest BCUT2D eigenvalue weighted by molar-refractivity contribution is -0.116. The van der Waals surface area contributed by atoms with Gasteiger partial charge < -0.3 is 24.3 Å². The van der Waals surface area contributed by atoms with E-state index in [4.69, 9.17) is 18.9 Å². The van der Waals surface area contributed by atoms with Crippen LogP contribution in [0, 0.1) is 0 Å². The molecule has 30 heavy (non-hydrogen) atoms. The summed E-state index contributed by atoms with van der Waals surface area (Å²) in [5.41, 5.74) is 1.41. The van der Waals surface area contributed by atoms with Gasteiger partial charge in [0, 0.05) is 12.6 Å². The molecule has 0 aliphatic rings. The van der Waals surface area contributed by atoms with Crippen LogP contribution in [0.2, 0.25) is 0 Å². The third-order valence-electron chi connectivity index (χ3n) is 4.37. The molecular weight excluding hydrogens is 384 g/mol. The average molecular weight is 408 g/mol. The van der Waals surface area contributed by atoms with Crippen LogP contribution < -0.4 is 24.3 Å². The first-order valence-corrected chi connectivity index (χ1v) is 9.41. The molecule has 3 aromatic rings. The summed E-state index contributed by atoms with van der Waals surface area (Å²) < 4.78 is 21.8. The fourth-order valence-electron chi connectivity index (χ4n) is 2.92. The highest BCUT2D eigenvalue weighted by molar-refractivity contribution is 5.92. The molecule has 0 spiro atoms. The number of pyridine rings is 1. The smallest absolute Gasteiger partial charge is 0.243 e. The molecule has 0 aliphatic carbocycles. The molecule has 1 amide bonds. The Labute approximate surface area is 175 Å². The fraction of sp³-hybridized carbons (Fsp3) is 0.217. The van der Waals surface area contributed by atoms with Crippen LogP contribution in [-0.4, -0.2) is 32.2 Å². The Balaban J connectivity index is 1.67. The molecule has 0 saturated carbocycles. The highest BCUT2D eigenvalue weighted by Gasteiger charge is 2.15. The molecule has 156 valence electrons. The SMILES string of the molecule is COc1cc(CCC(=O)Nc2cccnc2Oc2ccccc2)cc(OC)c1OC. The number of aryl methyl sites for hydroxylation is 1. The maximum absolute atomic E-state index is 12.5. The molecule has 0 atom stereocenters. The van der Waals surface area contributed by atoms with E-state index in [9.17, 15) is 4.79 Å². The van der Waals surface area contributed by atoms with Gasteiger partial charge in [-0.2, -0.15) is 0 Å². The fourth-order valence-corrected chi connectivity index (χ4v) is 2.92. The molecule has 0 saturated heterocycles. The van der Waals surface area contributed by atoms with Gasteiger partial charge in [-0.05, 0) is 48.4 Å². The minimum atomic E-state index is -0.158. The quantitative estimate of drug-likeness (QED) is 0.563. The van der Waals surface area contributed by atoms with Crippen molar-refractivity contribution < 1.29 is 23.7 Å². The second-order valence-corrected chi connectivity index (χ2v) is 6.35. The lowest BCUT2D eigenvalue weighted by atomic mass is 10.1. The first kappa shape index (κ1) is 21.0. The van der Waals surface area contributed by atoms with Gasteiger partial charge in [-0.3, -0.25) is 4.79 Å². The molecule has 1 N–H and O–H groups in total. The van der Waals surface area contributed by atoms with Crippen molar-refractivity contribution in [1.29, 1.82) is 0 Å². The molecule has 0 unspecified atom stereocenters. The van der Waals surface area contributed by atoms with Gasteiger partial charge in [0.15, 0.2) is 11.5 Å². The Morgan fingerprint density at radius 1 is 0.933 bits per heavy atom. The maximum Gasteiger partial charge on any atom is 0.243 e. The topological polar surface area (TPSA) is 78.9 Å². The molecule has 1 aromatic heterocycles. The number of nitrogens with one attached hydrogen (secondary N) is 1. The zero-order valence-electron chi connectivity index (χ0n) is 17.2. The predicted molar refractivity (Wildman–Crippen MR) is 114 cm³/mol. The number of methoxy groups -OCH3 is 3. The Bertz CT molecular complexity index is 967. The standard InChI is InChI=1S/C23H24N2O5/c1-27-19-14-16(15-20(28-2)22(19)29-3)11-12-21(26)25-18-10-7-13-24-23(18)30-17-8-5-4-6-9-17/h4-10,13-15H,11-12H2,1-3H3,(H,25,26). The van der Waals surface area contributed by atoms with Gasteiger partial charge >= 0.3 is 0 Å². The van der Waals surface area contributed by atoms with Gasteiger partial charge in [-0.15, -0.1) is 0 Å². The average Bonchev–Trinajstić information content (AvgIpc) is 2.78. The lowest BCUT2D eigenvalue weighted by Crippen LogP contribution is -2.13. The van der Waals surface area contributed by atoms with E-state index in [0.717, 1.165) is 5.56 Å². The molecule has 0 bridgehead atoms. The number of carbonyl (C=O) groups excluding carboxylic acids is 1. The monoisotopic (exact) mass is 408 g/mol. The number of rotatable bonds is 9. The maximum atomic E-state index is 12.5. The number of benzene rings is 2. The van der Waals surface area contributed by atoms with E-state index >= 15 is 0 Å². The van der Waals surface area contributed by atoms with Crippen molar-refractivity contribution in [3.05, 3.63) is 66.4 Å². The first-order valence-electron chi connectivity index (χ1n) is 9.41. The van der Waals surface area contributed by atoms with Gasteiger partial charge in [-0.25, -0.2) is 4.98 Å². The predicted octanol–water partition coefficient (Wildman–Crippen LogP) is 4.47. The molecule has 7 nitrogen and oxygen atoms in total. The van der Waals surface area contributed by atoms with Crippen molar-refractivity contribution in [3.8, 4) is 28.9 Å². The summed E-state index contributed by atoms with van der Waals surface area (Å²) in [5, 5.41) is 2.87. The van der Waals surface area contributed by atoms with Crippen LogP contribution in [0.5, 0.6) is 28.9 Å². The Kier molecular flexibility index (Phi) is 7.10. The molecule has 2 aromatic carbocycles. The summed E-state index contributed by atoms with van der Waals surface area (Å²) in [6.07, 6.45) is 2.37. The Morgan fingerprint density at radius 2 is 1.63 bits per heavy atom. The van der Waals surface area contributed by atoms with Crippen LogP contribution in [-0.2, 0) is 11.2 Å². The molecule has 0 aliphatic heterocycles. The van der Waals surface area contributed by atoms with E-state index in [0.29, 0.717) is 41.0 Å². The van der Waals surface area contributed by atoms with Crippen LogP contribution in [0.15, 0.2) is 60.8 Å². The Hall–Kier alpha value is -3.74. The molecule has 3 rings (SSSR count). The second kappa shape index (κ2) is 10.2. The number of ether oxygens (including phenoxy) is 4. The van der Waals surface area contributed by atoms with Crippen molar-refractivity contribution in [1.82, 2.24) is 4.98 Å². The number of para-hydroxylation sites is 1. The summed E-state index contributed by atoms with van der Waals surface area (Å²) in [6, 6.07) is 16.5. The lowest BCUT2D eigenvalue weighted by Gasteiger charge is -2.14. The molecule has 0 fully saturated rings. The number of nitrogens with zero attached hydrogens (tertiary/aromatic N) is 1.